The van der Waals surface area contributed by atoms with E-state index in [9.17, 15) is 15.3 Å². The Balaban J connectivity index is 1.79. The summed E-state index contributed by atoms with van der Waals surface area (Å²) in [6.45, 7) is 18.0. The minimum absolute atomic E-state index is 0.0309. The fourth-order valence-electron chi connectivity index (χ4n) is 9.62. The van der Waals surface area contributed by atoms with Crippen LogP contribution in [0.25, 0.3) is 0 Å². The number of aliphatic hydroxyl groups excluding tert-OH is 3. The monoisotopic (exact) mass is 488 g/mol. The number of fused-ring (bicyclic) bond motifs is 4. The Bertz CT molecular complexity index is 884. The van der Waals surface area contributed by atoms with Crippen molar-refractivity contribution in [1.82, 2.24) is 0 Å². The molecule has 0 heterocycles. The molecule has 0 amide bonds. The molecule has 4 aliphatic rings. The van der Waals surface area contributed by atoms with Gasteiger partial charge < -0.3 is 20.1 Å². The van der Waals surface area contributed by atoms with E-state index in [1.165, 1.54) is 16.7 Å². The van der Waals surface area contributed by atoms with Gasteiger partial charge in [0.05, 0.1) is 24.4 Å². The number of hydrogen-bond acceptors (Lipinski definition) is 4. The van der Waals surface area contributed by atoms with E-state index in [0.29, 0.717) is 12.3 Å². The Hall–Kier alpha value is -0.680. The number of hydrogen-bond donors (Lipinski definition) is 3. The molecule has 10 atom stereocenters. The second-order valence-electron chi connectivity index (χ2n) is 14.2. The number of allylic oxidation sites excluding steroid dienone is 1. The first-order chi connectivity index (χ1) is 16.1. The smallest absolute Gasteiger partial charge is 0.0793 e. The van der Waals surface area contributed by atoms with Crippen molar-refractivity contribution >= 4 is 0 Å². The van der Waals surface area contributed by atoms with Gasteiger partial charge in [-0.25, -0.2) is 0 Å². The molecule has 0 saturated heterocycles. The lowest BCUT2D eigenvalue weighted by Crippen LogP contribution is -2.60. The maximum absolute atomic E-state index is 12.0. The van der Waals surface area contributed by atoms with Crippen LogP contribution in [0.2, 0.25) is 0 Å². The third-order valence-corrected chi connectivity index (χ3v) is 12.0. The van der Waals surface area contributed by atoms with Crippen LogP contribution in [-0.2, 0) is 4.74 Å². The van der Waals surface area contributed by atoms with Gasteiger partial charge in [-0.05, 0) is 109 Å². The molecule has 0 aliphatic heterocycles. The summed E-state index contributed by atoms with van der Waals surface area (Å²) in [5, 5.41) is 34.0. The zero-order valence-corrected chi connectivity index (χ0v) is 23.8. The first-order valence-corrected chi connectivity index (χ1v) is 14.1. The molecule has 2 saturated carbocycles. The van der Waals surface area contributed by atoms with E-state index in [1.54, 1.807) is 0 Å². The lowest BCUT2D eigenvalue weighted by atomic mass is 9.42. The average molecular weight is 489 g/mol. The Kier molecular flexibility index (Phi) is 7.00. The summed E-state index contributed by atoms with van der Waals surface area (Å²) >= 11 is 0. The van der Waals surface area contributed by atoms with Gasteiger partial charge in [-0.1, -0.05) is 53.2 Å². The molecule has 35 heavy (non-hydrogen) atoms. The molecule has 3 N–H and O–H groups in total. The average Bonchev–Trinajstić information content (AvgIpc) is 3.05. The molecule has 0 spiro atoms. The van der Waals surface area contributed by atoms with Gasteiger partial charge in [0.25, 0.3) is 0 Å². The van der Waals surface area contributed by atoms with Crippen molar-refractivity contribution in [2.75, 3.05) is 7.11 Å². The summed E-state index contributed by atoms with van der Waals surface area (Å²) in [4.78, 5) is 0. The minimum atomic E-state index is -0.498. The number of rotatable bonds is 5. The fourth-order valence-corrected chi connectivity index (χ4v) is 9.62. The van der Waals surface area contributed by atoms with Crippen molar-refractivity contribution < 1.29 is 20.1 Å². The van der Waals surface area contributed by atoms with E-state index in [0.717, 1.165) is 38.5 Å². The number of ether oxygens (including phenoxy) is 1. The van der Waals surface area contributed by atoms with E-state index in [2.05, 4.69) is 61.5 Å². The minimum Gasteiger partial charge on any atom is -0.393 e. The molecule has 4 rings (SSSR count). The van der Waals surface area contributed by atoms with Gasteiger partial charge in [0, 0.05) is 7.11 Å². The first-order valence-electron chi connectivity index (χ1n) is 14.1. The molecule has 0 aromatic rings. The topological polar surface area (TPSA) is 69.9 Å². The zero-order chi connectivity index (χ0) is 26.1. The van der Waals surface area contributed by atoms with Gasteiger partial charge >= 0.3 is 0 Å². The third-order valence-electron chi connectivity index (χ3n) is 12.0. The largest absolute Gasteiger partial charge is 0.393 e. The molecule has 2 fully saturated rings. The van der Waals surface area contributed by atoms with Gasteiger partial charge in [-0.2, -0.15) is 0 Å². The molecule has 0 aromatic carbocycles. The highest BCUT2D eigenvalue weighted by molar-refractivity contribution is 5.43. The Labute approximate surface area is 214 Å². The highest BCUT2D eigenvalue weighted by Crippen LogP contribution is 2.72. The fraction of sp³-hybridized carbons (Fsp3) is 0.871. The Morgan fingerprint density at radius 1 is 1.06 bits per heavy atom. The lowest BCUT2D eigenvalue weighted by Gasteiger charge is -2.64. The molecule has 4 nitrogen and oxygen atoms in total. The van der Waals surface area contributed by atoms with E-state index < -0.39 is 6.10 Å². The van der Waals surface area contributed by atoms with Crippen molar-refractivity contribution in [2.24, 2.45) is 39.4 Å². The van der Waals surface area contributed by atoms with Crippen LogP contribution in [0.4, 0.5) is 0 Å². The van der Waals surface area contributed by atoms with Crippen molar-refractivity contribution in [3.63, 3.8) is 0 Å². The molecule has 4 aliphatic carbocycles. The van der Waals surface area contributed by atoms with Crippen LogP contribution in [0.3, 0.4) is 0 Å². The van der Waals surface area contributed by atoms with E-state index in [-0.39, 0.29) is 51.8 Å². The van der Waals surface area contributed by atoms with Crippen molar-refractivity contribution in [3.8, 4) is 0 Å². The summed E-state index contributed by atoms with van der Waals surface area (Å²) in [5.74, 6) is 0.792. The first kappa shape index (κ1) is 27.4. The predicted octanol–water partition coefficient (Wildman–Crippen LogP) is 6.05. The summed E-state index contributed by atoms with van der Waals surface area (Å²) in [5.41, 5.74) is 3.34. The number of aliphatic hydroxyl groups is 3. The zero-order valence-electron chi connectivity index (χ0n) is 23.8. The van der Waals surface area contributed by atoms with Gasteiger partial charge in [-0.15, -0.1) is 0 Å². The van der Waals surface area contributed by atoms with Crippen LogP contribution in [0.5, 0.6) is 0 Å². The molecule has 0 radical (unpaired) electrons. The van der Waals surface area contributed by atoms with E-state index >= 15 is 0 Å². The SMILES string of the molecule is CO[C@H]1C[C@H]2C(C)(C)[C@@H](O)CC[C@]2(C)C2=C1[C@]1(C)CC[C@H]([C@H](C)[C@H](O)CC=C(C)C)[C@@]1(C)C[C@H]2O. The van der Waals surface area contributed by atoms with E-state index in [1.807, 2.05) is 7.11 Å². The standard InChI is InChI=1S/C31H52O4/c1-18(2)10-11-21(32)19(3)20-12-15-30(7)27-23(35-9)16-24-28(4,5)25(34)13-14-29(24,6)26(27)22(33)17-31(20,30)8/h10,19-25,32-34H,11-17H2,1-9H3/t19-,20+,21+,22+,23-,24-,25-,29-,30-,31+/m0/s1. The maximum atomic E-state index is 12.0. The van der Waals surface area contributed by atoms with Crippen LogP contribution >= 0.6 is 0 Å². The highest BCUT2D eigenvalue weighted by atomic mass is 16.5. The highest BCUT2D eigenvalue weighted by Gasteiger charge is 2.67. The maximum Gasteiger partial charge on any atom is 0.0793 e. The second kappa shape index (κ2) is 8.96. The Morgan fingerprint density at radius 3 is 2.31 bits per heavy atom. The summed E-state index contributed by atoms with van der Waals surface area (Å²) in [7, 11) is 1.82. The van der Waals surface area contributed by atoms with Crippen molar-refractivity contribution in [1.29, 1.82) is 0 Å². The molecule has 0 aromatic heterocycles. The lowest BCUT2D eigenvalue weighted by molar-refractivity contribution is -0.129. The molecular formula is C31H52O4. The molecule has 4 heteroatoms. The summed E-state index contributed by atoms with van der Waals surface area (Å²) in [6.07, 6.45) is 7.13. The van der Waals surface area contributed by atoms with Crippen LogP contribution in [0, 0.1) is 39.4 Å². The van der Waals surface area contributed by atoms with Crippen LogP contribution in [-0.4, -0.2) is 46.8 Å². The Morgan fingerprint density at radius 2 is 1.71 bits per heavy atom. The van der Waals surface area contributed by atoms with Gasteiger partial charge in [0.1, 0.15) is 0 Å². The van der Waals surface area contributed by atoms with E-state index in [4.69, 9.17) is 4.74 Å². The molecule has 0 unspecified atom stereocenters. The normalized spacial score (nSPS) is 46.3. The summed E-state index contributed by atoms with van der Waals surface area (Å²) < 4.78 is 6.25. The second-order valence-corrected chi connectivity index (χ2v) is 14.2. The van der Waals surface area contributed by atoms with Crippen LogP contribution in [0.15, 0.2) is 22.8 Å². The van der Waals surface area contributed by atoms with Gasteiger partial charge in [0.15, 0.2) is 0 Å². The van der Waals surface area contributed by atoms with Crippen molar-refractivity contribution in [2.45, 2.75) is 125 Å². The van der Waals surface area contributed by atoms with Crippen molar-refractivity contribution in [3.05, 3.63) is 22.8 Å². The number of methoxy groups -OCH3 is 1. The predicted molar refractivity (Wildman–Crippen MR) is 142 cm³/mol. The molecule has 0 bridgehead atoms. The van der Waals surface area contributed by atoms with Crippen LogP contribution < -0.4 is 0 Å². The van der Waals surface area contributed by atoms with Gasteiger partial charge in [0.2, 0.25) is 0 Å². The quantitative estimate of drug-likeness (QED) is 0.412. The molecular weight excluding hydrogens is 436 g/mol. The van der Waals surface area contributed by atoms with Gasteiger partial charge in [-0.3, -0.25) is 0 Å². The third kappa shape index (κ3) is 3.83. The van der Waals surface area contributed by atoms with Crippen LogP contribution in [0.1, 0.15) is 100 Å². The summed E-state index contributed by atoms with van der Waals surface area (Å²) in [6, 6.07) is 0. The molecule has 200 valence electrons.